The Kier molecular flexibility index (Phi) is 8.13. The largest absolute Gasteiger partial charge is 0.475 e. The fraction of sp³-hybridized carbons (Fsp3) is 0.613. The maximum Gasteiger partial charge on any atom is 0.475 e. The molecule has 20 heteroatoms. The van der Waals surface area contributed by atoms with E-state index in [1.54, 1.807) is 21.9 Å². The Hall–Kier alpha value is -4.18. The lowest BCUT2D eigenvalue weighted by Gasteiger charge is -2.74. The number of nitrogens with zero attached hydrogens (tertiary/aromatic N) is 6. The van der Waals surface area contributed by atoms with Crippen LogP contribution in [0, 0.1) is 0 Å². The van der Waals surface area contributed by atoms with E-state index in [0.717, 1.165) is 0 Å². The summed E-state index contributed by atoms with van der Waals surface area (Å²) in [5.74, 6) is -6.29. The summed E-state index contributed by atoms with van der Waals surface area (Å²) in [5, 5.41) is 24.7. The van der Waals surface area contributed by atoms with Crippen LogP contribution in [0.15, 0.2) is 24.3 Å². The maximum atomic E-state index is 13.4. The summed E-state index contributed by atoms with van der Waals surface area (Å²) in [5.41, 5.74) is -0.590. The van der Waals surface area contributed by atoms with Crippen molar-refractivity contribution in [2.24, 2.45) is 0 Å². The van der Waals surface area contributed by atoms with E-state index < -0.39 is 66.2 Å². The monoisotopic (exact) mass is 710 g/mol. The Labute approximate surface area is 292 Å². The van der Waals surface area contributed by atoms with Crippen molar-refractivity contribution in [2.45, 2.75) is 49.2 Å². The summed E-state index contributed by atoms with van der Waals surface area (Å²) < 4.78 is 18.0. The standard InChI is InChI=1S/C31H39BN8O11/c1-19(28(46)38-8-2-3-22(38)32(47)48)33-27(45)20-4-6-21(7-5-20)34-23(41)11-35-9-10-36-12-24(42)49-29(15-36)16-37-13-25(43)50-31(18-37)39-14-26(44)51-30(39,17-35)40(29)31/h4-7,19,22,47-48H,2-3,8-18H2,1H3,(H,33,45)(H,34,41)/t19-,22+,29?,30?,31?/m1/s1. The molecule has 8 rings (SSSR count). The Morgan fingerprint density at radius 3 is 2.29 bits per heavy atom. The second-order valence-electron chi connectivity index (χ2n) is 14.3. The number of carbonyl (C=O) groups excluding carboxylic acids is 6. The highest BCUT2D eigenvalue weighted by molar-refractivity contribution is 6.43. The highest BCUT2D eigenvalue weighted by atomic mass is 16.7. The SMILES string of the molecule is C[C@@H](NC(=O)c1ccc(NC(=O)CN2CCN3CC(=O)OC4(C3)CN3CC(=O)OC5(C3)N3CC(=O)OC3(C2)N45)cc1)C(=O)N1CCC[C@H]1B(O)O. The molecule has 4 bridgehead atoms. The van der Waals surface area contributed by atoms with E-state index in [0.29, 0.717) is 44.7 Å². The van der Waals surface area contributed by atoms with E-state index in [2.05, 4.69) is 10.6 Å². The first-order chi connectivity index (χ1) is 24.3. The van der Waals surface area contributed by atoms with E-state index in [9.17, 15) is 38.8 Å². The summed E-state index contributed by atoms with van der Waals surface area (Å²) in [7, 11) is -1.66. The first kappa shape index (κ1) is 33.9. The zero-order valence-corrected chi connectivity index (χ0v) is 28.0. The number of likely N-dealkylation sites (tertiary alicyclic amines) is 1. The molecular weight excluding hydrogens is 671 g/mol. The van der Waals surface area contributed by atoms with E-state index in [1.165, 1.54) is 24.0 Å². The molecule has 7 atom stereocenters. The Balaban J connectivity index is 0.950. The molecule has 272 valence electrons. The van der Waals surface area contributed by atoms with Crippen molar-refractivity contribution in [3.8, 4) is 0 Å². The van der Waals surface area contributed by atoms with Gasteiger partial charge in [0, 0.05) is 30.9 Å². The van der Waals surface area contributed by atoms with E-state index in [4.69, 9.17) is 14.2 Å². The van der Waals surface area contributed by atoms with Crippen LogP contribution >= 0.6 is 0 Å². The molecule has 7 fully saturated rings. The number of hydrogen-bond donors (Lipinski definition) is 4. The average molecular weight is 711 g/mol. The molecule has 7 aliphatic rings. The van der Waals surface area contributed by atoms with Crippen LogP contribution in [0.3, 0.4) is 0 Å². The third-order valence-corrected chi connectivity index (χ3v) is 10.8. The van der Waals surface area contributed by atoms with Crippen LogP contribution in [0.4, 0.5) is 5.69 Å². The molecule has 3 spiro atoms. The van der Waals surface area contributed by atoms with Gasteiger partial charge in [0.25, 0.3) is 17.6 Å². The number of anilines is 1. The lowest BCUT2D eigenvalue weighted by Crippen LogP contribution is -2.99. The first-order valence-corrected chi connectivity index (χ1v) is 17.1. The van der Waals surface area contributed by atoms with Crippen molar-refractivity contribution in [1.82, 2.24) is 34.7 Å². The lowest BCUT2D eigenvalue weighted by atomic mass is 9.78. The van der Waals surface area contributed by atoms with E-state index >= 15 is 0 Å². The summed E-state index contributed by atoms with van der Waals surface area (Å²) in [6, 6.07) is 5.24. The molecule has 1 aromatic carbocycles. The quantitative estimate of drug-likeness (QED) is 0.121. The van der Waals surface area contributed by atoms with Gasteiger partial charge in [0.1, 0.15) is 12.6 Å². The normalized spacial score (nSPS) is 35.0. The molecule has 1 aromatic rings. The summed E-state index contributed by atoms with van der Waals surface area (Å²) in [6.45, 7) is 3.29. The molecular formula is C31H39BN8O11. The molecule has 51 heavy (non-hydrogen) atoms. The van der Waals surface area contributed by atoms with Crippen LogP contribution in [-0.4, -0.2) is 184 Å². The van der Waals surface area contributed by atoms with Crippen LogP contribution in [0.2, 0.25) is 0 Å². The third kappa shape index (κ3) is 5.56. The lowest BCUT2D eigenvalue weighted by molar-refractivity contribution is -0.508. The number of fused-ring (bicyclic) bond motifs is 2. The fourth-order valence-electron chi connectivity index (χ4n) is 8.91. The molecule has 5 unspecified atom stereocenters. The minimum atomic E-state index is -1.66. The molecule has 7 heterocycles. The molecule has 19 nitrogen and oxygen atoms in total. The first-order valence-electron chi connectivity index (χ1n) is 17.1. The number of morpholine rings is 2. The molecule has 7 aliphatic heterocycles. The molecule has 4 N–H and O–H groups in total. The molecule has 0 aliphatic carbocycles. The Bertz CT molecular complexity index is 1680. The maximum absolute atomic E-state index is 13.4. The van der Waals surface area contributed by atoms with Gasteiger partial charge in [-0.05, 0) is 44.0 Å². The van der Waals surface area contributed by atoms with Crippen LogP contribution in [-0.2, 0) is 38.2 Å². The van der Waals surface area contributed by atoms with Gasteiger partial charge in [-0.1, -0.05) is 0 Å². The predicted molar refractivity (Wildman–Crippen MR) is 171 cm³/mol. The fourth-order valence-corrected chi connectivity index (χ4v) is 8.91. The molecule has 0 aromatic heterocycles. The average Bonchev–Trinajstić information content (AvgIpc) is 3.66. The minimum absolute atomic E-state index is 0.0254. The highest BCUT2D eigenvalue weighted by Gasteiger charge is 2.85. The van der Waals surface area contributed by atoms with Gasteiger partial charge in [0.15, 0.2) is 0 Å². The molecule has 7 saturated heterocycles. The smallest absolute Gasteiger partial charge is 0.440 e. The van der Waals surface area contributed by atoms with Crippen molar-refractivity contribution >= 4 is 48.4 Å². The second-order valence-corrected chi connectivity index (χ2v) is 14.3. The summed E-state index contributed by atoms with van der Waals surface area (Å²) in [4.78, 5) is 88.3. The van der Waals surface area contributed by atoms with Crippen LogP contribution in [0.1, 0.15) is 30.1 Å². The number of piperazine rings is 1. The number of nitrogens with one attached hydrogen (secondary N) is 2. The number of benzene rings is 1. The van der Waals surface area contributed by atoms with Gasteiger partial charge in [-0.3, -0.25) is 43.5 Å². The molecule has 3 amide bonds. The van der Waals surface area contributed by atoms with Crippen molar-refractivity contribution in [3.63, 3.8) is 0 Å². The van der Waals surface area contributed by atoms with E-state index in [1.807, 2.05) is 14.7 Å². The van der Waals surface area contributed by atoms with Crippen molar-refractivity contribution in [2.75, 3.05) is 77.3 Å². The van der Waals surface area contributed by atoms with Gasteiger partial charge >= 0.3 is 25.0 Å². The van der Waals surface area contributed by atoms with Gasteiger partial charge in [0.2, 0.25) is 17.5 Å². The number of esters is 3. The highest BCUT2D eigenvalue weighted by Crippen LogP contribution is 2.58. The third-order valence-electron chi connectivity index (χ3n) is 10.8. The van der Waals surface area contributed by atoms with Gasteiger partial charge in [-0.15, -0.1) is 0 Å². The molecule has 0 radical (unpaired) electrons. The zero-order valence-electron chi connectivity index (χ0n) is 28.0. The van der Waals surface area contributed by atoms with Gasteiger partial charge in [-0.2, -0.15) is 9.80 Å². The number of ether oxygens (including phenoxy) is 3. The Morgan fingerprint density at radius 2 is 1.55 bits per heavy atom. The summed E-state index contributed by atoms with van der Waals surface area (Å²) in [6.07, 6.45) is 1.10. The number of rotatable bonds is 7. The Morgan fingerprint density at radius 1 is 0.882 bits per heavy atom. The van der Waals surface area contributed by atoms with Crippen LogP contribution in [0.25, 0.3) is 0 Å². The van der Waals surface area contributed by atoms with Gasteiger partial charge in [-0.25, -0.2) is 0 Å². The number of hydrogen-bond acceptors (Lipinski definition) is 16. The van der Waals surface area contributed by atoms with Crippen molar-refractivity contribution in [3.05, 3.63) is 29.8 Å². The zero-order chi connectivity index (χ0) is 35.9. The summed E-state index contributed by atoms with van der Waals surface area (Å²) >= 11 is 0. The van der Waals surface area contributed by atoms with Crippen molar-refractivity contribution in [1.29, 1.82) is 0 Å². The topological polar surface area (TPSA) is 214 Å². The predicted octanol–water partition coefficient (Wildman–Crippen LogP) is -4.03. The van der Waals surface area contributed by atoms with Gasteiger partial charge in [0.05, 0.1) is 51.8 Å². The number of carbonyl (C=O) groups is 6. The van der Waals surface area contributed by atoms with Gasteiger partial charge < -0.3 is 39.8 Å². The molecule has 0 saturated carbocycles. The number of amides is 3. The van der Waals surface area contributed by atoms with Crippen LogP contribution in [0.5, 0.6) is 0 Å². The van der Waals surface area contributed by atoms with Crippen molar-refractivity contribution < 1.29 is 53.0 Å². The minimum Gasteiger partial charge on any atom is -0.440 e. The van der Waals surface area contributed by atoms with E-state index in [-0.39, 0.29) is 57.3 Å². The van der Waals surface area contributed by atoms with Crippen LogP contribution < -0.4 is 10.6 Å². The second kappa shape index (κ2) is 12.2.